The quantitative estimate of drug-likeness (QED) is 0.159. The second kappa shape index (κ2) is 17.9. The van der Waals surface area contributed by atoms with Crippen LogP contribution in [0.25, 0.3) is 0 Å². The largest absolute Gasteiger partial charge is 0.466 e. The van der Waals surface area contributed by atoms with E-state index in [2.05, 4.69) is 10.6 Å². The molecule has 4 aromatic carbocycles. The summed E-state index contributed by atoms with van der Waals surface area (Å²) >= 11 is 0. The van der Waals surface area contributed by atoms with Gasteiger partial charge in [-0.25, -0.2) is 4.79 Å². The number of likely N-dealkylation sites (tertiary alicyclic amines) is 1. The Hall–Kier alpha value is -6.63. The van der Waals surface area contributed by atoms with Crippen LogP contribution in [-0.2, 0) is 36.9 Å². The summed E-state index contributed by atoms with van der Waals surface area (Å²) in [7, 11) is 0. The molecule has 13 heteroatoms. The summed E-state index contributed by atoms with van der Waals surface area (Å²) in [6.07, 6.45) is 0.900. The molecule has 4 atom stereocenters. The number of hydrogen-bond donors (Lipinski definition) is 2. The second-order valence-corrected chi connectivity index (χ2v) is 14.9. The number of benzene rings is 4. The maximum absolute atomic E-state index is 15.9. The highest BCUT2D eigenvalue weighted by molar-refractivity contribution is 6.22. The fraction of sp³-hybridized carbons (Fsp3) is 0.326. The molecule has 1 fully saturated rings. The normalized spacial score (nSPS) is 20.3. The van der Waals surface area contributed by atoms with Crippen LogP contribution in [0.2, 0.25) is 0 Å². The Balaban J connectivity index is 1.41. The van der Waals surface area contributed by atoms with E-state index in [1.807, 2.05) is 30.3 Å². The molecule has 3 heterocycles. The SMILES string of the molecule is CCOC(=O)C([C@H](Cc1ccccc1)N1C(=O)c2ccccc2C1=O)C1(C(=O)N2CCC[C@H]2C(=O)OCc2ccccc2)CCCCNC(=O)c2ccccc2C(=O)N1. The van der Waals surface area contributed by atoms with Crippen molar-refractivity contribution >= 4 is 41.5 Å². The van der Waals surface area contributed by atoms with E-state index in [4.69, 9.17) is 9.47 Å². The molecule has 1 saturated heterocycles. The van der Waals surface area contributed by atoms with Gasteiger partial charge in [-0.3, -0.25) is 33.7 Å². The lowest BCUT2D eigenvalue weighted by Gasteiger charge is -2.46. The van der Waals surface area contributed by atoms with Gasteiger partial charge in [0.05, 0.1) is 34.9 Å². The molecule has 0 radical (unpaired) electrons. The van der Waals surface area contributed by atoms with Gasteiger partial charge < -0.3 is 25.0 Å². The van der Waals surface area contributed by atoms with E-state index >= 15 is 4.79 Å². The zero-order valence-corrected chi connectivity index (χ0v) is 32.8. The zero-order chi connectivity index (χ0) is 41.5. The molecule has 0 aromatic heterocycles. The molecular weight excluding hydrogens is 753 g/mol. The number of nitrogens with zero attached hydrogens (tertiary/aromatic N) is 2. The number of esters is 2. The van der Waals surface area contributed by atoms with E-state index in [1.54, 1.807) is 61.5 Å². The maximum atomic E-state index is 15.9. The Morgan fingerprint density at radius 1 is 0.712 bits per heavy atom. The third-order valence-corrected chi connectivity index (χ3v) is 11.3. The second-order valence-electron chi connectivity index (χ2n) is 14.9. The van der Waals surface area contributed by atoms with E-state index in [0.717, 1.165) is 10.5 Å². The lowest BCUT2D eigenvalue weighted by Crippen LogP contribution is -2.70. The average molecular weight is 799 g/mol. The van der Waals surface area contributed by atoms with Crippen molar-refractivity contribution in [3.63, 3.8) is 0 Å². The topological polar surface area (TPSA) is 168 Å². The van der Waals surface area contributed by atoms with E-state index < -0.39 is 65.0 Å². The van der Waals surface area contributed by atoms with Gasteiger partial charge in [0, 0.05) is 13.1 Å². The highest BCUT2D eigenvalue weighted by Crippen LogP contribution is 2.40. The van der Waals surface area contributed by atoms with Crippen molar-refractivity contribution in [1.29, 1.82) is 0 Å². The van der Waals surface area contributed by atoms with Crippen LogP contribution in [0.15, 0.2) is 109 Å². The molecule has 0 spiro atoms. The monoisotopic (exact) mass is 798 g/mol. The molecule has 2 unspecified atom stereocenters. The van der Waals surface area contributed by atoms with Crippen molar-refractivity contribution in [3.8, 4) is 0 Å². The molecule has 2 N–H and O–H groups in total. The van der Waals surface area contributed by atoms with E-state index in [-0.39, 0.29) is 74.2 Å². The number of ether oxygens (including phenoxy) is 2. The number of nitrogens with one attached hydrogen (secondary N) is 2. The number of carbonyl (C=O) groups is 7. The van der Waals surface area contributed by atoms with Gasteiger partial charge in [0.25, 0.3) is 23.6 Å². The van der Waals surface area contributed by atoms with Gasteiger partial charge in [-0.05, 0) is 80.8 Å². The van der Waals surface area contributed by atoms with Gasteiger partial charge in [-0.15, -0.1) is 0 Å². The van der Waals surface area contributed by atoms with Crippen LogP contribution in [0.4, 0.5) is 0 Å². The van der Waals surface area contributed by atoms with Gasteiger partial charge in [0.2, 0.25) is 5.91 Å². The number of rotatable bonds is 11. The van der Waals surface area contributed by atoms with Crippen LogP contribution in [-0.4, -0.2) is 88.6 Å². The smallest absolute Gasteiger partial charge is 0.329 e. The standard InChI is InChI=1S/C46H46N4O9/c1-2-58-44(56)38(37(28-30-16-5-3-6-17-30)50-41(53)34-22-11-12-23-35(34)42(50)54)46(25-13-14-26-47-39(51)32-20-9-10-21-33(32)40(52)48-46)45(57)49-27-15-24-36(49)43(55)59-29-31-18-7-4-8-19-31/h3-12,16-23,36-38H,2,13-15,24-29H2,1H3,(H,47,51)(H,48,52)/t36-,37-,38?,46?/m0/s1. The number of amides is 5. The van der Waals surface area contributed by atoms with E-state index in [1.165, 1.54) is 29.2 Å². The minimum atomic E-state index is -2.24. The van der Waals surface area contributed by atoms with Crippen LogP contribution in [0.3, 0.4) is 0 Å². The fourth-order valence-electron chi connectivity index (χ4n) is 8.54. The van der Waals surface area contributed by atoms with Crippen LogP contribution in [0.1, 0.15) is 91.6 Å². The summed E-state index contributed by atoms with van der Waals surface area (Å²) in [5, 5.41) is 5.81. The minimum absolute atomic E-state index is 0.0394. The number of imide groups is 1. The molecule has 304 valence electrons. The molecule has 0 saturated carbocycles. The molecule has 7 rings (SSSR count). The molecule has 0 aliphatic carbocycles. The van der Waals surface area contributed by atoms with Crippen molar-refractivity contribution in [2.45, 2.75) is 69.7 Å². The molecule has 3 aliphatic rings. The van der Waals surface area contributed by atoms with Crippen molar-refractivity contribution < 1.29 is 43.0 Å². The van der Waals surface area contributed by atoms with Crippen molar-refractivity contribution in [2.24, 2.45) is 5.92 Å². The van der Waals surface area contributed by atoms with Crippen molar-refractivity contribution in [3.05, 3.63) is 143 Å². The lowest BCUT2D eigenvalue weighted by molar-refractivity contribution is -0.164. The summed E-state index contributed by atoms with van der Waals surface area (Å²) in [5.74, 6) is -6.75. The summed E-state index contributed by atoms with van der Waals surface area (Å²) in [5.41, 5.74) is -0.608. The first-order chi connectivity index (χ1) is 28.6. The van der Waals surface area contributed by atoms with Crippen LogP contribution in [0.5, 0.6) is 0 Å². The van der Waals surface area contributed by atoms with Crippen LogP contribution in [0, 0.1) is 5.92 Å². The maximum Gasteiger partial charge on any atom is 0.329 e. The van der Waals surface area contributed by atoms with Gasteiger partial charge >= 0.3 is 11.9 Å². The molecule has 13 nitrogen and oxygen atoms in total. The summed E-state index contributed by atoms with van der Waals surface area (Å²) in [4.78, 5) is 104. The molecular formula is C46H46N4O9. The fourth-order valence-corrected chi connectivity index (χ4v) is 8.54. The Bertz CT molecular complexity index is 2210. The van der Waals surface area contributed by atoms with Crippen molar-refractivity contribution in [2.75, 3.05) is 19.7 Å². The van der Waals surface area contributed by atoms with Gasteiger partial charge in [0.15, 0.2) is 0 Å². The molecule has 5 amide bonds. The summed E-state index contributed by atoms with van der Waals surface area (Å²) < 4.78 is 11.5. The van der Waals surface area contributed by atoms with Crippen LogP contribution < -0.4 is 10.6 Å². The number of hydrogen-bond acceptors (Lipinski definition) is 9. The molecule has 0 bridgehead atoms. The van der Waals surface area contributed by atoms with Gasteiger partial charge in [-0.2, -0.15) is 0 Å². The molecule has 59 heavy (non-hydrogen) atoms. The third-order valence-electron chi connectivity index (χ3n) is 11.3. The van der Waals surface area contributed by atoms with Gasteiger partial charge in [-0.1, -0.05) is 84.9 Å². The lowest BCUT2D eigenvalue weighted by atomic mass is 9.71. The van der Waals surface area contributed by atoms with Crippen LogP contribution >= 0.6 is 0 Å². The Morgan fingerprint density at radius 2 is 1.29 bits per heavy atom. The molecule has 4 aromatic rings. The number of carbonyl (C=O) groups excluding carboxylic acids is 7. The molecule has 3 aliphatic heterocycles. The highest BCUT2D eigenvalue weighted by atomic mass is 16.5. The summed E-state index contributed by atoms with van der Waals surface area (Å²) in [6.45, 7) is 1.69. The zero-order valence-electron chi connectivity index (χ0n) is 32.8. The Morgan fingerprint density at radius 3 is 1.92 bits per heavy atom. The third kappa shape index (κ3) is 8.23. The van der Waals surface area contributed by atoms with E-state index in [9.17, 15) is 28.8 Å². The predicted octanol–water partition coefficient (Wildman–Crippen LogP) is 4.89. The first kappa shape index (κ1) is 40.6. The predicted molar refractivity (Wildman–Crippen MR) is 215 cm³/mol. The average Bonchev–Trinajstić information content (AvgIpc) is 3.84. The summed E-state index contributed by atoms with van der Waals surface area (Å²) in [6, 6.07) is 28.0. The van der Waals surface area contributed by atoms with Gasteiger partial charge in [0.1, 0.15) is 24.1 Å². The highest BCUT2D eigenvalue weighted by Gasteiger charge is 2.60. The number of fused-ring (bicyclic) bond motifs is 2. The van der Waals surface area contributed by atoms with Crippen molar-refractivity contribution in [1.82, 2.24) is 20.4 Å². The first-order valence-corrected chi connectivity index (χ1v) is 20.0. The Labute approximate surface area is 342 Å². The Kier molecular flexibility index (Phi) is 12.3. The minimum Gasteiger partial charge on any atom is -0.466 e. The first-order valence-electron chi connectivity index (χ1n) is 20.0. The van der Waals surface area contributed by atoms with E-state index in [0.29, 0.717) is 18.4 Å².